The van der Waals surface area contributed by atoms with E-state index in [1.165, 1.54) is 6.07 Å². The van der Waals surface area contributed by atoms with Crippen LogP contribution in [0, 0.1) is 0 Å². The summed E-state index contributed by atoms with van der Waals surface area (Å²) in [5.74, 6) is 0.111. The van der Waals surface area contributed by atoms with Crippen molar-refractivity contribution in [3.8, 4) is 5.75 Å². The van der Waals surface area contributed by atoms with Crippen LogP contribution < -0.4 is 9.50 Å². The zero-order valence-corrected chi connectivity index (χ0v) is 10.9. The van der Waals surface area contributed by atoms with Gasteiger partial charge in [-0.3, -0.25) is 4.55 Å². The molecule has 0 heterocycles. The Hall–Kier alpha value is -2.54. The molecule has 102 valence electrons. The van der Waals surface area contributed by atoms with Crippen LogP contribution in [0.1, 0.15) is 0 Å². The first-order valence-corrected chi connectivity index (χ1v) is 6.52. The van der Waals surface area contributed by atoms with Crippen molar-refractivity contribution in [1.29, 1.82) is 0 Å². The van der Waals surface area contributed by atoms with Gasteiger partial charge in [0.05, 0.1) is 5.69 Å². The molecular formula is C12H10N4O3S. The van der Waals surface area contributed by atoms with Crippen LogP contribution in [-0.2, 0) is 11.4 Å². The molecule has 2 rings (SSSR count). The number of para-hydroxylation sites is 1. The number of nitrogens with zero attached hydrogens (tertiary/aromatic N) is 3. The Labute approximate surface area is 117 Å². The van der Waals surface area contributed by atoms with Crippen molar-refractivity contribution in [1.82, 2.24) is 0 Å². The molecule has 0 saturated heterocycles. The molecule has 0 aliphatic rings. The molecule has 0 bridgehead atoms. The van der Waals surface area contributed by atoms with Crippen molar-refractivity contribution in [2.75, 3.05) is 5.32 Å². The highest BCUT2D eigenvalue weighted by Gasteiger charge is 2.08. The Bertz CT molecular complexity index is 672. The largest absolute Gasteiger partial charge is 0.378 e. The molecule has 2 aromatic rings. The number of hydrogen-bond acceptors (Lipinski definition) is 4. The van der Waals surface area contributed by atoms with Crippen molar-refractivity contribution >= 4 is 28.4 Å². The zero-order chi connectivity index (χ0) is 14.4. The first-order valence-electron chi connectivity index (χ1n) is 5.49. The third-order valence-corrected chi connectivity index (χ3v) is 2.66. The molecule has 0 spiro atoms. The SMILES string of the molecule is [N-]=[N+]=Nc1ccc(Nc2ccccc2)c(OS(=O)O)c1. The summed E-state index contributed by atoms with van der Waals surface area (Å²) in [6, 6.07) is 13.8. The van der Waals surface area contributed by atoms with Gasteiger partial charge in [-0.1, -0.05) is 29.4 Å². The van der Waals surface area contributed by atoms with Crippen molar-refractivity contribution in [2.24, 2.45) is 5.11 Å². The number of benzene rings is 2. The first kappa shape index (κ1) is 13.9. The second-order valence-electron chi connectivity index (χ2n) is 3.66. The van der Waals surface area contributed by atoms with E-state index in [0.29, 0.717) is 5.69 Å². The normalized spacial score (nSPS) is 11.2. The van der Waals surface area contributed by atoms with Crippen molar-refractivity contribution < 1.29 is 12.9 Å². The molecule has 0 saturated carbocycles. The van der Waals surface area contributed by atoms with Crippen LogP contribution in [0.5, 0.6) is 5.75 Å². The minimum absolute atomic E-state index is 0.111. The lowest BCUT2D eigenvalue weighted by atomic mass is 10.2. The van der Waals surface area contributed by atoms with Gasteiger partial charge >= 0.3 is 11.4 Å². The second kappa shape index (κ2) is 6.58. The van der Waals surface area contributed by atoms with Gasteiger partial charge in [0.15, 0.2) is 5.75 Å². The van der Waals surface area contributed by atoms with Crippen molar-refractivity contribution in [2.45, 2.75) is 0 Å². The number of anilines is 2. The fourth-order valence-electron chi connectivity index (χ4n) is 1.55. The number of azide groups is 1. The second-order valence-corrected chi connectivity index (χ2v) is 4.26. The van der Waals surface area contributed by atoms with E-state index in [4.69, 9.17) is 14.3 Å². The average Bonchev–Trinajstić information content (AvgIpc) is 2.42. The molecule has 0 amide bonds. The van der Waals surface area contributed by atoms with Crippen LogP contribution in [-0.4, -0.2) is 8.76 Å². The van der Waals surface area contributed by atoms with E-state index in [2.05, 4.69) is 15.3 Å². The third kappa shape index (κ3) is 3.72. The molecule has 8 heteroatoms. The number of nitrogens with one attached hydrogen (secondary N) is 1. The molecule has 7 nitrogen and oxygen atoms in total. The van der Waals surface area contributed by atoms with Crippen LogP contribution in [0.3, 0.4) is 0 Å². The molecule has 1 unspecified atom stereocenters. The average molecular weight is 290 g/mol. The van der Waals surface area contributed by atoms with E-state index in [-0.39, 0.29) is 11.4 Å². The molecule has 1 atom stereocenters. The van der Waals surface area contributed by atoms with E-state index in [1.54, 1.807) is 12.1 Å². The summed E-state index contributed by atoms with van der Waals surface area (Å²) in [7, 11) is 0. The molecular weight excluding hydrogens is 280 g/mol. The lowest BCUT2D eigenvalue weighted by Crippen LogP contribution is -2.01. The van der Waals surface area contributed by atoms with Crippen LogP contribution in [0.25, 0.3) is 10.4 Å². The highest BCUT2D eigenvalue weighted by molar-refractivity contribution is 7.74. The highest BCUT2D eigenvalue weighted by Crippen LogP contribution is 2.32. The predicted molar refractivity (Wildman–Crippen MR) is 76.4 cm³/mol. The van der Waals surface area contributed by atoms with E-state index in [1.807, 2.05) is 30.3 Å². The molecule has 0 aliphatic carbocycles. The smallest absolute Gasteiger partial charge is 0.357 e. The van der Waals surface area contributed by atoms with Crippen molar-refractivity contribution in [3.63, 3.8) is 0 Å². The van der Waals surface area contributed by atoms with Crippen LogP contribution in [0.4, 0.5) is 17.1 Å². The van der Waals surface area contributed by atoms with Gasteiger partial charge in [-0.05, 0) is 29.8 Å². The maximum Gasteiger partial charge on any atom is 0.357 e. The van der Waals surface area contributed by atoms with Gasteiger partial charge < -0.3 is 9.50 Å². The molecule has 0 aromatic heterocycles. The van der Waals surface area contributed by atoms with Crippen LogP contribution in [0.15, 0.2) is 53.6 Å². The number of hydrogen-bond donors (Lipinski definition) is 2. The minimum Gasteiger partial charge on any atom is -0.378 e. The Morgan fingerprint density at radius 2 is 2.00 bits per heavy atom. The fourth-order valence-corrected chi connectivity index (χ4v) is 1.84. The lowest BCUT2D eigenvalue weighted by molar-refractivity contribution is 0.459. The molecule has 2 aromatic carbocycles. The molecule has 0 radical (unpaired) electrons. The lowest BCUT2D eigenvalue weighted by Gasteiger charge is -2.11. The molecule has 2 N–H and O–H groups in total. The fraction of sp³-hybridized carbons (Fsp3) is 0. The third-order valence-electron chi connectivity index (χ3n) is 2.34. The Morgan fingerprint density at radius 3 is 2.65 bits per heavy atom. The van der Waals surface area contributed by atoms with E-state index in [0.717, 1.165) is 5.69 Å². The van der Waals surface area contributed by atoms with Gasteiger partial charge in [-0.25, -0.2) is 0 Å². The first-order chi connectivity index (χ1) is 9.69. The minimum atomic E-state index is -2.47. The summed E-state index contributed by atoms with van der Waals surface area (Å²) in [6.07, 6.45) is 0. The van der Waals surface area contributed by atoms with E-state index < -0.39 is 11.4 Å². The zero-order valence-electron chi connectivity index (χ0n) is 10.1. The van der Waals surface area contributed by atoms with E-state index in [9.17, 15) is 4.21 Å². The summed E-state index contributed by atoms with van der Waals surface area (Å²) in [4.78, 5) is 2.65. The summed E-state index contributed by atoms with van der Waals surface area (Å²) in [5, 5.41) is 6.46. The van der Waals surface area contributed by atoms with Gasteiger partial charge in [0, 0.05) is 16.3 Å². The highest BCUT2D eigenvalue weighted by atomic mass is 32.2. The van der Waals surface area contributed by atoms with Gasteiger partial charge in [-0.15, -0.1) is 0 Å². The maximum atomic E-state index is 10.8. The maximum absolute atomic E-state index is 10.8. The number of rotatable bonds is 5. The quantitative estimate of drug-likeness (QED) is 0.377. The standard InChI is InChI=1S/C12H10N4O3S/c13-16-15-10-6-7-11(12(8-10)19-20(17)18)14-9-4-2-1-3-5-9/h1-8,14H,(H,17,18). The van der Waals surface area contributed by atoms with E-state index >= 15 is 0 Å². The monoisotopic (exact) mass is 290 g/mol. The van der Waals surface area contributed by atoms with Gasteiger partial charge in [0.1, 0.15) is 0 Å². The Balaban J connectivity index is 2.35. The van der Waals surface area contributed by atoms with Crippen LogP contribution in [0.2, 0.25) is 0 Å². The topological polar surface area (TPSA) is 107 Å². The van der Waals surface area contributed by atoms with Crippen LogP contribution >= 0.6 is 0 Å². The van der Waals surface area contributed by atoms with Gasteiger partial charge in [0.2, 0.25) is 0 Å². The Kier molecular flexibility index (Phi) is 4.56. The summed E-state index contributed by atoms with van der Waals surface area (Å²) < 4.78 is 24.4. The van der Waals surface area contributed by atoms with Gasteiger partial charge in [-0.2, -0.15) is 4.21 Å². The summed E-state index contributed by atoms with van der Waals surface area (Å²) >= 11 is -2.47. The molecule has 20 heavy (non-hydrogen) atoms. The van der Waals surface area contributed by atoms with Gasteiger partial charge in [0.25, 0.3) is 0 Å². The van der Waals surface area contributed by atoms with Crippen molar-refractivity contribution in [3.05, 3.63) is 59.0 Å². The molecule has 0 aliphatic heterocycles. The predicted octanol–water partition coefficient (Wildman–Crippen LogP) is 3.89. The molecule has 0 fully saturated rings. The summed E-state index contributed by atoms with van der Waals surface area (Å²) in [5.41, 5.74) is 9.94. The Morgan fingerprint density at radius 1 is 1.25 bits per heavy atom. The summed E-state index contributed by atoms with van der Waals surface area (Å²) in [6.45, 7) is 0.